The maximum absolute atomic E-state index is 11.3. The molecule has 1 saturated heterocycles. The minimum Gasteiger partial charge on any atom is -0.334 e. The number of hydrogen-bond acceptors (Lipinski definition) is 2. The zero-order chi connectivity index (χ0) is 10.8. The molecule has 0 radical (unpaired) electrons. The summed E-state index contributed by atoms with van der Waals surface area (Å²) in [7, 11) is 0. The standard InChI is InChI=1S/C12H13NOS/c1-9(13-8-7-11(13)14)12(15)10-5-3-2-4-6-10/h2-6,9H,7-8H2,1H3/t9-/m1/s1. The summed E-state index contributed by atoms with van der Waals surface area (Å²) < 4.78 is 0. The summed E-state index contributed by atoms with van der Waals surface area (Å²) in [6.45, 7) is 2.83. The van der Waals surface area contributed by atoms with E-state index in [0.717, 1.165) is 17.0 Å². The smallest absolute Gasteiger partial charge is 0.224 e. The average molecular weight is 219 g/mol. The van der Waals surface area contributed by atoms with Crippen molar-refractivity contribution in [3.8, 4) is 0 Å². The highest BCUT2D eigenvalue weighted by Gasteiger charge is 2.30. The highest BCUT2D eigenvalue weighted by atomic mass is 32.1. The van der Waals surface area contributed by atoms with Crippen LogP contribution in [0.4, 0.5) is 0 Å². The van der Waals surface area contributed by atoms with Crippen LogP contribution < -0.4 is 0 Å². The van der Waals surface area contributed by atoms with Gasteiger partial charge in [-0.15, -0.1) is 0 Å². The SMILES string of the molecule is C[C@H](C(=S)c1ccccc1)N1CCC1=O. The molecule has 1 aromatic carbocycles. The van der Waals surface area contributed by atoms with Gasteiger partial charge in [0.15, 0.2) is 0 Å². The van der Waals surface area contributed by atoms with Crippen LogP contribution in [0.25, 0.3) is 0 Å². The maximum atomic E-state index is 11.3. The van der Waals surface area contributed by atoms with Crippen molar-refractivity contribution in [2.75, 3.05) is 6.54 Å². The minimum absolute atomic E-state index is 0.0450. The van der Waals surface area contributed by atoms with Crippen LogP contribution in [0.5, 0.6) is 0 Å². The lowest BCUT2D eigenvalue weighted by molar-refractivity contribution is -0.140. The molecule has 0 bridgehead atoms. The number of carbonyl (C=O) groups excluding carboxylic acids is 1. The van der Waals surface area contributed by atoms with Gasteiger partial charge in [-0.25, -0.2) is 0 Å². The summed E-state index contributed by atoms with van der Waals surface area (Å²) >= 11 is 5.38. The molecule has 1 aromatic rings. The molecule has 1 amide bonds. The fraction of sp³-hybridized carbons (Fsp3) is 0.333. The van der Waals surface area contributed by atoms with Gasteiger partial charge in [0.25, 0.3) is 0 Å². The molecule has 0 aromatic heterocycles. The first kappa shape index (κ1) is 10.3. The number of likely N-dealkylation sites (tertiary alicyclic amines) is 1. The van der Waals surface area contributed by atoms with E-state index in [4.69, 9.17) is 12.2 Å². The molecule has 0 N–H and O–H groups in total. The molecule has 1 fully saturated rings. The average Bonchev–Trinajstić information content (AvgIpc) is 2.27. The molecule has 2 rings (SSSR count). The summed E-state index contributed by atoms with van der Waals surface area (Å²) in [4.78, 5) is 14.0. The lowest BCUT2D eigenvalue weighted by Crippen LogP contribution is -2.51. The zero-order valence-electron chi connectivity index (χ0n) is 8.64. The Hall–Kier alpha value is -1.22. The molecule has 1 aliphatic heterocycles. The van der Waals surface area contributed by atoms with Crippen molar-refractivity contribution in [2.24, 2.45) is 0 Å². The Bertz CT molecular complexity index is 388. The van der Waals surface area contributed by atoms with E-state index in [1.807, 2.05) is 42.2 Å². The number of benzene rings is 1. The van der Waals surface area contributed by atoms with Crippen LogP contribution in [-0.2, 0) is 4.79 Å². The zero-order valence-corrected chi connectivity index (χ0v) is 9.46. The van der Waals surface area contributed by atoms with E-state index >= 15 is 0 Å². The minimum atomic E-state index is 0.0450. The van der Waals surface area contributed by atoms with Crippen molar-refractivity contribution >= 4 is 23.0 Å². The van der Waals surface area contributed by atoms with Crippen LogP contribution in [0.2, 0.25) is 0 Å². The van der Waals surface area contributed by atoms with E-state index in [-0.39, 0.29) is 11.9 Å². The Balaban J connectivity index is 2.11. The molecule has 15 heavy (non-hydrogen) atoms. The van der Waals surface area contributed by atoms with Crippen molar-refractivity contribution in [1.82, 2.24) is 4.90 Å². The summed E-state index contributed by atoms with van der Waals surface area (Å²) in [5, 5.41) is 0. The normalized spacial score (nSPS) is 17.1. The van der Waals surface area contributed by atoms with Crippen molar-refractivity contribution < 1.29 is 4.79 Å². The fourth-order valence-corrected chi connectivity index (χ4v) is 1.99. The van der Waals surface area contributed by atoms with Crippen molar-refractivity contribution in [1.29, 1.82) is 0 Å². The van der Waals surface area contributed by atoms with Gasteiger partial charge in [-0.05, 0) is 12.5 Å². The number of thiocarbonyl (C=S) groups is 1. The van der Waals surface area contributed by atoms with Gasteiger partial charge in [0.05, 0.1) is 6.04 Å². The predicted molar refractivity (Wildman–Crippen MR) is 63.9 cm³/mol. The van der Waals surface area contributed by atoms with Crippen molar-refractivity contribution in [3.05, 3.63) is 35.9 Å². The predicted octanol–water partition coefficient (Wildman–Crippen LogP) is 2.03. The van der Waals surface area contributed by atoms with E-state index in [1.165, 1.54) is 0 Å². The Kier molecular flexibility index (Phi) is 2.82. The van der Waals surface area contributed by atoms with Crippen molar-refractivity contribution in [2.45, 2.75) is 19.4 Å². The Morgan fingerprint density at radius 3 is 2.53 bits per heavy atom. The first-order valence-corrected chi connectivity index (χ1v) is 5.49. The molecule has 1 heterocycles. The lowest BCUT2D eigenvalue weighted by Gasteiger charge is -2.36. The first-order valence-electron chi connectivity index (χ1n) is 5.09. The number of carbonyl (C=O) groups is 1. The van der Waals surface area contributed by atoms with Crippen molar-refractivity contribution in [3.63, 3.8) is 0 Å². The van der Waals surface area contributed by atoms with Gasteiger partial charge in [-0.1, -0.05) is 42.5 Å². The third kappa shape index (κ3) is 1.92. The van der Waals surface area contributed by atoms with Crippen LogP contribution in [-0.4, -0.2) is 28.3 Å². The number of amides is 1. The molecular formula is C12H13NOS. The second kappa shape index (κ2) is 4.11. The van der Waals surface area contributed by atoms with Gasteiger partial charge in [0.1, 0.15) is 0 Å². The Morgan fingerprint density at radius 2 is 2.07 bits per heavy atom. The topological polar surface area (TPSA) is 20.3 Å². The fourth-order valence-electron chi connectivity index (χ4n) is 1.73. The summed E-state index contributed by atoms with van der Waals surface area (Å²) in [6.07, 6.45) is 0.668. The molecule has 0 saturated carbocycles. The highest BCUT2D eigenvalue weighted by Crippen LogP contribution is 2.17. The number of rotatable bonds is 3. The summed E-state index contributed by atoms with van der Waals surface area (Å²) in [5.41, 5.74) is 1.04. The monoisotopic (exact) mass is 219 g/mol. The van der Waals surface area contributed by atoms with Gasteiger partial charge in [-0.3, -0.25) is 4.79 Å². The summed E-state index contributed by atoms with van der Waals surface area (Å²) in [6, 6.07) is 9.92. The Labute approximate surface area is 94.9 Å². The second-order valence-corrected chi connectivity index (χ2v) is 4.18. The van der Waals surface area contributed by atoms with E-state index < -0.39 is 0 Å². The molecule has 0 aliphatic carbocycles. The van der Waals surface area contributed by atoms with Gasteiger partial charge in [0.2, 0.25) is 5.91 Å². The quantitative estimate of drug-likeness (QED) is 0.440. The third-order valence-corrected chi connectivity index (χ3v) is 3.37. The molecule has 0 spiro atoms. The van der Waals surface area contributed by atoms with Crippen LogP contribution in [0.3, 0.4) is 0 Å². The van der Waals surface area contributed by atoms with E-state index in [0.29, 0.717) is 6.42 Å². The molecule has 1 aliphatic rings. The molecule has 2 nitrogen and oxygen atoms in total. The summed E-state index contributed by atoms with van der Waals surface area (Å²) in [5.74, 6) is 0.209. The van der Waals surface area contributed by atoms with Gasteiger partial charge in [0, 0.05) is 17.8 Å². The van der Waals surface area contributed by atoms with E-state index in [1.54, 1.807) is 0 Å². The lowest BCUT2D eigenvalue weighted by atomic mass is 10.0. The van der Waals surface area contributed by atoms with E-state index in [9.17, 15) is 4.79 Å². The molecule has 0 unspecified atom stereocenters. The van der Waals surface area contributed by atoms with Crippen LogP contribution in [0.15, 0.2) is 30.3 Å². The second-order valence-electron chi connectivity index (χ2n) is 3.74. The molecule has 78 valence electrons. The van der Waals surface area contributed by atoms with Crippen LogP contribution in [0, 0.1) is 0 Å². The van der Waals surface area contributed by atoms with Gasteiger partial charge < -0.3 is 4.90 Å². The van der Waals surface area contributed by atoms with Crippen LogP contribution in [0.1, 0.15) is 18.9 Å². The highest BCUT2D eigenvalue weighted by molar-refractivity contribution is 7.81. The Morgan fingerprint density at radius 1 is 1.40 bits per heavy atom. The first-order chi connectivity index (χ1) is 7.20. The maximum Gasteiger partial charge on any atom is 0.224 e. The molecule has 1 atom stereocenters. The number of hydrogen-bond donors (Lipinski definition) is 0. The van der Waals surface area contributed by atoms with Crippen LogP contribution >= 0.6 is 12.2 Å². The van der Waals surface area contributed by atoms with Gasteiger partial charge >= 0.3 is 0 Å². The molecule has 3 heteroatoms. The number of β-lactam (4-membered cyclic amide) rings is 1. The number of nitrogens with zero attached hydrogens (tertiary/aromatic N) is 1. The largest absolute Gasteiger partial charge is 0.334 e. The van der Waals surface area contributed by atoms with Gasteiger partial charge in [-0.2, -0.15) is 0 Å². The molecular weight excluding hydrogens is 206 g/mol. The van der Waals surface area contributed by atoms with E-state index in [2.05, 4.69) is 0 Å². The third-order valence-electron chi connectivity index (χ3n) is 2.79.